The van der Waals surface area contributed by atoms with Crippen molar-refractivity contribution < 1.29 is 9.57 Å². The summed E-state index contributed by atoms with van der Waals surface area (Å²) in [6.07, 6.45) is 6.16. The fourth-order valence-corrected chi connectivity index (χ4v) is 3.19. The average molecular weight is 391 g/mol. The first kappa shape index (κ1) is 21.6. The highest BCUT2D eigenvalue weighted by Crippen LogP contribution is 2.26. The SMILES string of the molecule is CCCC=C(CCN=C(C)C1=NOC(COCC)C1)c1cc(Cl)ccc1C. The van der Waals surface area contributed by atoms with E-state index in [0.717, 1.165) is 48.7 Å². The first-order valence-corrected chi connectivity index (χ1v) is 10.2. The molecule has 1 aliphatic rings. The zero-order valence-electron chi connectivity index (χ0n) is 16.9. The highest BCUT2D eigenvalue weighted by atomic mass is 35.5. The molecule has 1 heterocycles. The van der Waals surface area contributed by atoms with Gasteiger partial charge in [0.15, 0.2) is 6.10 Å². The number of ether oxygens (including phenoxy) is 1. The van der Waals surface area contributed by atoms with E-state index in [1.807, 2.05) is 19.9 Å². The Balaban J connectivity index is 1.99. The predicted octanol–water partition coefficient (Wildman–Crippen LogP) is 5.86. The summed E-state index contributed by atoms with van der Waals surface area (Å²) in [5, 5.41) is 4.95. The van der Waals surface area contributed by atoms with Gasteiger partial charge in [0.05, 0.1) is 12.3 Å². The molecule has 0 radical (unpaired) electrons. The van der Waals surface area contributed by atoms with Crippen LogP contribution in [0.4, 0.5) is 0 Å². The van der Waals surface area contributed by atoms with Crippen molar-refractivity contribution in [2.75, 3.05) is 19.8 Å². The first-order chi connectivity index (χ1) is 13.0. The quantitative estimate of drug-likeness (QED) is 0.469. The summed E-state index contributed by atoms with van der Waals surface area (Å²) in [7, 11) is 0. The van der Waals surface area contributed by atoms with Crippen molar-refractivity contribution in [2.24, 2.45) is 10.1 Å². The van der Waals surface area contributed by atoms with Crippen LogP contribution in [-0.2, 0) is 9.57 Å². The van der Waals surface area contributed by atoms with Gasteiger partial charge in [0.2, 0.25) is 0 Å². The van der Waals surface area contributed by atoms with Crippen LogP contribution in [0.3, 0.4) is 0 Å². The molecule has 1 unspecified atom stereocenters. The number of aliphatic imine (C=N–C) groups is 1. The molecule has 4 nitrogen and oxygen atoms in total. The van der Waals surface area contributed by atoms with Gasteiger partial charge in [-0.2, -0.15) is 0 Å². The van der Waals surface area contributed by atoms with Crippen LogP contribution in [0, 0.1) is 6.92 Å². The van der Waals surface area contributed by atoms with Gasteiger partial charge in [0.1, 0.15) is 5.71 Å². The molecule has 1 aliphatic heterocycles. The predicted molar refractivity (Wildman–Crippen MR) is 115 cm³/mol. The molecule has 0 bridgehead atoms. The van der Waals surface area contributed by atoms with Gasteiger partial charge in [-0.1, -0.05) is 42.2 Å². The van der Waals surface area contributed by atoms with E-state index < -0.39 is 0 Å². The van der Waals surface area contributed by atoms with Gasteiger partial charge >= 0.3 is 0 Å². The highest BCUT2D eigenvalue weighted by Gasteiger charge is 2.22. The third kappa shape index (κ3) is 6.78. The molecule has 0 saturated heterocycles. The number of benzene rings is 1. The molecular weight excluding hydrogens is 360 g/mol. The highest BCUT2D eigenvalue weighted by molar-refractivity contribution is 6.41. The number of rotatable bonds is 10. The van der Waals surface area contributed by atoms with Crippen LogP contribution in [0.5, 0.6) is 0 Å². The van der Waals surface area contributed by atoms with Crippen LogP contribution in [-0.4, -0.2) is 37.3 Å². The number of hydrogen-bond acceptors (Lipinski definition) is 4. The fourth-order valence-electron chi connectivity index (χ4n) is 3.02. The number of nitrogens with zero attached hydrogens (tertiary/aromatic N) is 2. The topological polar surface area (TPSA) is 43.2 Å². The molecule has 0 saturated carbocycles. The summed E-state index contributed by atoms with van der Waals surface area (Å²) < 4.78 is 5.41. The summed E-state index contributed by atoms with van der Waals surface area (Å²) in [4.78, 5) is 10.2. The maximum Gasteiger partial charge on any atom is 0.156 e. The molecule has 0 fully saturated rings. The molecule has 0 aromatic heterocycles. The van der Waals surface area contributed by atoms with Crippen molar-refractivity contribution in [1.29, 1.82) is 0 Å². The molecular formula is C22H31ClN2O2. The average Bonchev–Trinajstić information content (AvgIpc) is 3.14. The second-order valence-electron chi connectivity index (χ2n) is 6.82. The number of aryl methyl sites for hydroxylation is 1. The van der Waals surface area contributed by atoms with Crippen molar-refractivity contribution in [3.05, 3.63) is 40.4 Å². The molecule has 0 spiro atoms. The molecule has 0 aliphatic carbocycles. The third-order valence-corrected chi connectivity index (χ3v) is 4.85. The first-order valence-electron chi connectivity index (χ1n) is 9.82. The standard InChI is InChI=1S/C22H31ClN2O2/c1-5-7-8-18(21-13-19(23)10-9-16(21)3)11-12-24-17(4)22-14-20(27-25-22)15-26-6-2/h8-10,13,20H,5-7,11-12,14-15H2,1-4H3. The molecule has 1 aromatic rings. The van der Waals surface area contributed by atoms with E-state index in [9.17, 15) is 0 Å². The van der Waals surface area contributed by atoms with Crippen LogP contribution in [0.2, 0.25) is 5.02 Å². The van der Waals surface area contributed by atoms with E-state index in [1.54, 1.807) is 0 Å². The summed E-state index contributed by atoms with van der Waals surface area (Å²) >= 11 is 6.22. The molecule has 2 rings (SSSR count). The van der Waals surface area contributed by atoms with Crippen LogP contribution >= 0.6 is 11.6 Å². The van der Waals surface area contributed by atoms with Gasteiger partial charge in [-0.15, -0.1) is 0 Å². The van der Waals surface area contributed by atoms with Gasteiger partial charge in [-0.05, 0) is 62.4 Å². The van der Waals surface area contributed by atoms with Crippen LogP contribution in [0.1, 0.15) is 57.6 Å². The Hall–Kier alpha value is -1.65. The molecule has 0 N–H and O–H groups in total. The number of halogens is 1. The molecule has 27 heavy (non-hydrogen) atoms. The summed E-state index contributed by atoms with van der Waals surface area (Å²) in [5.41, 5.74) is 5.66. The van der Waals surface area contributed by atoms with Crippen molar-refractivity contribution >= 4 is 28.6 Å². The molecule has 1 aromatic carbocycles. The lowest BCUT2D eigenvalue weighted by atomic mass is 9.97. The van der Waals surface area contributed by atoms with Crippen molar-refractivity contribution in [3.8, 4) is 0 Å². The Kier molecular flexibility index (Phi) is 9.02. The molecule has 1 atom stereocenters. The van der Waals surface area contributed by atoms with Crippen molar-refractivity contribution in [1.82, 2.24) is 0 Å². The van der Waals surface area contributed by atoms with E-state index in [-0.39, 0.29) is 6.10 Å². The zero-order chi connectivity index (χ0) is 19.6. The summed E-state index contributed by atoms with van der Waals surface area (Å²) in [6.45, 7) is 10.3. The zero-order valence-corrected chi connectivity index (χ0v) is 17.7. The Bertz CT molecular complexity index is 710. The number of allylic oxidation sites excluding steroid dienone is 1. The minimum atomic E-state index is 0.0132. The largest absolute Gasteiger partial charge is 0.389 e. The van der Waals surface area contributed by atoms with Crippen LogP contribution < -0.4 is 0 Å². The van der Waals surface area contributed by atoms with Gasteiger partial charge < -0.3 is 9.57 Å². The summed E-state index contributed by atoms with van der Waals surface area (Å²) in [5.74, 6) is 0. The monoisotopic (exact) mass is 390 g/mol. The van der Waals surface area contributed by atoms with E-state index in [2.05, 4.69) is 37.2 Å². The maximum atomic E-state index is 6.22. The maximum absolute atomic E-state index is 6.22. The van der Waals surface area contributed by atoms with Gasteiger partial charge in [0.25, 0.3) is 0 Å². The Morgan fingerprint density at radius 3 is 2.96 bits per heavy atom. The lowest BCUT2D eigenvalue weighted by Gasteiger charge is -2.11. The van der Waals surface area contributed by atoms with Gasteiger partial charge in [0, 0.05) is 24.6 Å². The number of oxime groups is 1. The van der Waals surface area contributed by atoms with Crippen molar-refractivity contribution in [3.63, 3.8) is 0 Å². The molecule has 148 valence electrons. The third-order valence-electron chi connectivity index (χ3n) is 4.61. The molecule has 0 amide bonds. The van der Waals surface area contributed by atoms with E-state index >= 15 is 0 Å². The second kappa shape index (κ2) is 11.3. The lowest BCUT2D eigenvalue weighted by Crippen LogP contribution is -2.18. The Labute approximate surface area is 168 Å². The Morgan fingerprint density at radius 1 is 1.41 bits per heavy atom. The normalized spacial score (nSPS) is 17.8. The fraction of sp³-hybridized carbons (Fsp3) is 0.545. The summed E-state index contributed by atoms with van der Waals surface area (Å²) in [6, 6.07) is 6.08. The smallest absolute Gasteiger partial charge is 0.156 e. The van der Waals surface area contributed by atoms with Crippen LogP contribution in [0.25, 0.3) is 5.57 Å². The van der Waals surface area contributed by atoms with E-state index in [4.69, 9.17) is 26.2 Å². The van der Waals surface area contributed by atoms with Crippen LogP contribution in [0.15, 0.2) is 34.4 Å². The second-order valence-corrected chi connectivity index (χ2v) is 7.26. The molecule has 5 heteroatoms. The van der Waals surface area contributed by atoms with Crippen molar-refractivity contribution in [2.45, 2.75) is 59.5 Å². The van der Waals surface area contributed by atoms with E-state index in [1.165, 1.54) is 16.7 Å². The number of hydrogen-bond donors (Lipinski definition) is 0. The lowest BCUT2D eigenvalue weighted by molar-refractivity contribution is 0.00672. The van der Waals surface area contributed by atoms with E-state index in [0.29, 0.717) is 13.2 Å². The van der Waals surface area contributed by atoms with Gasteiger partial charge in [-0.25, -0.2) is 0 Å². The Morgan fingerprint density at radius 2 is 2.22 bits per heavy atom. The minimum absolute atomic E-state index is 0.0132. The van der Waals surface area contributed by atoms with Gasteiger partial charge in [-0.3, -0.25) is 4.99 Å². The minimum Gasteiger partial charge on any atom is -0.389 e. The number of unbranched alkanes of at least 4 members (excludes halogenated alkanes) is 1.